The lowest BCUT2D eigenvalue weighted by Crippen LogP contribution is -2.01. The minimum Gasteiger partial charge on any atom is -0.295 e. The molecule has 0 aliphatic carbocycles. The maximum atomic E-state index is 11.4. The number of fused-ring (bicyclic) bond motifs is 1. The van der Waals surface area contributed by atoms with Gasteiger partial charge in [-0.2, -0.15) is 0 Å². The van der Waals surface area contributed by atoms with Crippen LogP contribution in [0.25, 0.3) is 10.9 Å². The van der Waals surface area contributed by atoms with Crippen molar-refractivity contribution in [1.82, 2.24) is 9.78 Å². The van der Waals surface area contributed by atoms with Crippen LogP contribution in [0.3, 0.4) is 0 Å². The van der Waals surface area contributed by atoms with Gasteiger partial charge < -0.3 is 0 Å². The number of rotatable bonds is 1. The zero-order chi connectivity index (χ0) is 10.3. The molecule has 1 N–H and O–H groups in total. The van der Waals surface area contributed by atoms with Gasteiger partial charge in [-0.3, -0.25) is 19.4 Å². The molecular formula is C10H10N2O2. The molecule has 14 heavy (non-hydrogen) atoms. The number of nitrogens with one attached hydrogen (secondary N) is 1. The fourth-order valence-corrected chi connectivity index (χ4v) is 1.50. The molecule has 4 heteroatoms. The molecule has 4 nitrogen and oxygen atoms in total. The molecule has 0 saturated carbocycles. The molecule has 0 aliphatic rings. The molecule has 0 spiro atoms. The Balaban J connectivity index is 2.84. The highest BCUT2D eigenvalue weighted by molar-refractivity contribution is 5.97. The van der Waals surface area contributed by atoms with E-state index in [2.05, 4.69) is 5.10 Å². The summed E-state index contributed by atoms with van der Waals surface area (Å²) in [4.78, 5) is 22.5. The van der Waals surface area contributed by atoms with Crippen molar-refractivity contribution in [2.75, 3.05) is 0 Å². The van der Waals surface area contributed by atoms with Crippen molar-refractivity contribution in [2.24, 2.45) is 7.05 Å². The van der Waals surface area contributed by atoms with E-state index in [1.807, 2.05) is 0 Å². The fourth-order valence-electron chi connectivity index (χ4n) is 1.50. The lowest BCUT2D eigenvalue weighted by molar-refractivity contribution is 0.101. The van der Waals surface area contributed by atoms with Crippen molar-refractivity contribution in [1.29, 1.82) is 0 Å². The van der Waals surface area contributed by atoms with E-state index in [0.717, 1.165) is 5.52 Å². The second-order valence-corrected chi connectivity index (χ2v) is 3.29. The second kappa shape index (κ2) is 2.83. The normalized spacial score (nSPS) is 10.7. The summed E-state index contributed by atoms with van der Waals surface area (Å²) < 4.78 is 1.64. The van der Waals surface area contributed by atoms with E-state index in [9.17, 15) is 9.59 Å². The summed E-state index contributed by atoms with van der Waals surface area (Å²) in [7, 11) is 1.76. The molecule has 0 unspecified atom stereocenters. The predicted molar refractivity (Wildman–Crippen MR) is 53.5 cm³/mol. The first kappa shape index (κ1) is 8.74. The Morgan fingerprint density at radius 1 is 1.43 bits per heavy atom. The van der Waals surface area contributed by atoms with Gasteiger partial charge >= 0.3 is 0 Å². The average molecular weight is 190 g/mol. The summed E-state index contributed by atoms with van der Waals surface area (Å²) >= 11 is 0. The van der Waals surface area contributed by atoms with E-state index in [4.69, 9.17) is 0 Å². The predicted octanol–water partition coefficient (Wildman–Crippen LogP) is 1.07. The highest BCUT2D eigenvalue weighted by Crippen LogP contribution is 2.11. The third-order valence-electron chi connectivity index (χ3n) is 2.28. The molecule has 0 aliphatic heterocycles. The van der Waals surface area contributed by atoms with Crippen molar-refractivity contribution in [2.45, 2.75) is 6.92 Å². The summed E-state index contributed by atoms with van der Waals surface area (Å²) in [6, 6.07) is 5.11. The fraction of sp³-hybridized carbons (Fsp3) is 0.200. The van der Waals surface area contributed by atoms with Gasteiger partial charge in [0.1, 0.15) is 0 Å². The van der Waals surface area contributed by atoms with Crippen molar-refractivity contribution >= 4 is 16.7 Å². The third kappa shape index (κ3) is 1.16. The minimum atomic E-state index is -0.161. The van der Waals surface area contributed by atoms with Crippen molar-refractivity contribution in [3.63, 3.8) is 0 Å². The number of aromatic amines is 1. The number of ketones is 1. The first-order valence-electron chi connectivity index (χ1n) is 4.29. The van der Waals surface area contributed by atoms with Gasteiger partial charge in [-0.15, -0.1) is 0 Å². The van der Waals surface area contributed by atoms with Crippen molar-refractivity contribution < 1.29 is 4.79 Å². The van der Waals surface area contributed by atoms with Crippen LogP contribution in [0, 0.1) is 0 Å². The number of hydrogen-bond acceptors (Lipinski definition) is 2. The lowest BCUT2D eigenvalue weighted by Gasteiger charge is -1.96. The quantitative estimate of drug-likeness (QED) is 0.684. The van der Waals surface area contributed by atoms with Gasteiger partial charge in [0.05, 0.1) is 10.9 Å². The number of benzene rings is 1. The minimum absolute atomic E-state index is 0.0323. The van der Waals surface area contributed by atoms with E-state index >= 15 is 0 Å². The molecule has 0 fully saturated rings. The van der Waals surface area contributed by atoms with Gasteiger partial charge in [-0.1, -0.05) is 0 Å². The summed E-state index contributed by atoms with van der Waals surface area (Å²) in [6.07, 6.45) is 0. The maximum Gasteiger partial charge on any atom is 0.271 e. The van der Waals surface area contributed by atoms with Gasteiger partial charge in [-0.25, -0.2) is 0 Å². The molecule has 0 bridgehead atoms. The molecule has 0 atom stereocenters. The van der Waals surface area contributed by atoms with Gasteiger partial charge in [0.15, 0.2) is 5.78 Å². The molecule has 0 saturated heterocycles. The molecular weight excluding hydrogens is 180 g/mol. The monoisotopic (exact) mass is 190 g/mol. The molecule has 0 radical (unpaired) electrons. The van der Waals surface area contributed by atoms with E-state index in [0.29, 0.717) is 10.9 Å². The SMILES string of the molecule is CC(=O)c1ccc2c(c1)c(=O)[nH]n2C. The Bertz CT molecular complexity index is 563. The van der Waals surface area contributed by atoms with Crippen LogP contribution >= 0.6 is 0 Å². The topological polar surface area (TPSA) is 54.9 Å². The molecule has 2 rings (SSSR count). The molecule has 1 aromatic heterocycles. The Kier molecular flexibility index (Phi) is 1.77. The summed E-state index contributed by atoms with van der Waals surface area (Å²) in [5, 5.41) is 3.19. The largest absolute Gasteiger partial charge is 0.295 e. The van der Waals surface area contributed by atoms with Crippen LogP contribution < -0.4 is 5.56 Å². The van der Waals surface area contributed by atoms with E-state index < -0.39 is 0 Å². The Hall–Kier alpha value is -1.84. The second-order valence-electron chi connectivity index (χ2n) is 3.29. The van der Waals surface area contributed by atoms with E-state index in [1.54, 1.807) is 29.9 Å². The van der Waals surface area contributed by atoms with E-state index in [1.165, 1.54) is 6.92 Å². The first-order valence-corrected chi connectivity index (χ1v) is 4.29. The molecule has 2 aromatic rings. The summed E-state index contributed by atoms with van der Waals surface area (Å²) in [5.74, 6) is -0.0323. The highest BCUT2D eigenvalue weighted by atomic mass is 16.1. The molecule has 1 heterocycles. The number of carbonyl (C=O) groups excluding carboxylic acids is 1. The summed E-state index contributed by atoms with van der Waals surface area (Å²) in [5.41, 5.74) is 1.21. The number of H-pyrrole nitrogens is 1. The number of aryl methyl sites for hydroxylation is 1. The maximum absolute atomic E-state index is 11.4. The Morgan fingerprint density at radius 3 is 2.79 bits per heavy atom. The average Bonchev–Trinajstić information content (AvgIpc) is 2.42. The summed E-state index contributed by atoms with van der Waals surface area (Å²) in [6.45, 7) is 1.48. The smallest absolute Gasteiger partial charge is 0.271 e. The van der Waals surface area contributed by atoms with Crippen LogP contribution in [0.4, 0.5) is 0 Å². The number of hydrogen-bond donors (Lipinski definition) is 1. The number of aromatic nitrogens is 2. The van der Waals surface area contributed by atoms with Crippen molar-refractivity contribution in [3.8, 4) is 0 Å². The van der Waals surface area contributed by atoms with Gasteiger partial charge in [-0.05, 0) is 25.1 Å². The Labute approximate surface area is 80.1 Å². The third-order valence-corrected chi connectivity index (χ3v) is 2.28. The number of nitrogens with zero attached hydrogens (tertiary/aromatic N) is 1. The van der Waals surface area contributed by atoms with Gasteiger partial charge in [0.2, 0.25) is 0 Å². The zero-order valence-electron chi connectivity index (χ0n) is 8.00. The van der Waals surface area contributed by atoms with Crippen LogP contribution in [0.2, 0.25) is 0 Å². The van der Waals surface area contributed by atoms with Crippen LogP contribution in [0.5, 0.6) is 0 Å². The number of carbonyl (C=O) groups is 1. The van der Waals surface area contributed by atoms with Crippen molar-refractivity contribution in [3.05, 3.63) is 34.1 Å². The van der Waals surface area contributed by atoms with Crippen LogP contribution in [-0.4, -0.2) is 15.6 Å². The molecule has 0 amide bonds. The van der Waals surface area contributed by atoms with E-state index in [-0.39, 0.29) is 11.3 Å². The van der Waals surface area contributed by atoms with Gasteiger partial charge in [0.25, 0.3) is 5.56 Å². The first-order chi connectivity index (χ1) is 6.59. The molecule has 1 aromatic carbocycles. The van der Waals surface area contributed by atoms with Crippen LogP contribution in [-0.2, 0) is 7.05 Å². The number of Topliss-reactive ketones (excluding diaryl/α,β-unsaturated/α-hetero) is 1. The standard InChI is InChI=1S/C10H10N2O2/c1-6(13)7-3-4-9-8(5-7)10(14)11-12(9)2/h3-5H,1-2H3,(H,11,14). The highest BCUT2D eigenvalue weighted by Gasteiger charge is 2.06. The van der Waals surface area contributed by atoms with Crippen LogP contribution in [0.15, 0.2) is 23.0 Å². The Morgan fingerprint density at radius 2 is 2.14 bits per heavy atom. The van der Waals surface area contributed by atoms with Gasteiger partial charge in [0, 0.05) is 12.6 Å². The zero-order valence-corrected chi connectivity index (χ0v) is 8.00. The molecule has 72 valence electrons. The van der Waals surface area contributed by atoms with Crippen LogP contribution in [0.1, 0.15) is 17.3 Å². The lowest BCUT2D eigenvalue weighted by atomic mass is 10.1.